The van der Waals surface area contributed by atoms with Gasteiger partial charge in [0.1, 0.15) is 24.4 Å². The molecule has 2 aromatic rings. The number of benzene rings is 1. The summed E-state index contributed by atoms with van der Waals surface area (Å²) >= 11 is 1.67. The predicted molar refractivity (Wildman–Crippen MR) is 74.1 cm³/mol. The Morgan fingerprint density at radius 1 is 1.26 bits per heavy atom. The third-order valence-corrected chi connectivity index (χ3v) is 3.26. The van der Waals surface area contributed by atoms with Gasteiger partial charge in [-0.25, -0.2) is 0 Å². The normalized spacial score (nSPS) is 10.2. The van der Waals surface area contributed by atoms with Gasteiger partial charge in [-0.05, 0) is 30.5 Å². The predicted octanol–water partition coefficient (Wildman–Crippen LogP) is 2.95. The van der Waals surface area contributed by atoms with Gasteiger partial charge in [0.25, 0.3) is 0 Å². The van der Waals surface area contributed by atoms with Crippen LogP contribution in [0.4, 0.5) is 0 Å². The molecule has 4 nitrogen and oxygen atoms in total. The van der Waals surface area contributed by atoms with Crippen LogP contribution in [0.25, 0.3) is 0 Å². The van der Waals surface area contributed by atoms with Crippen molar-refractivity contribution in [1.29, 1.82) is 0 Å². The minimum Gasteiger partial charge on any atom is -0.490 e. The summed E-state index contributed by atoms with van der Waals surface area (Å²) in [6, 6.07) is 9.09. The smallest absolute Gasteiger partial charge is 0.227 e. The molecule has 0 saturated carbocycles. The molecule has 1 aromatic heterocycles. The quantitative estimate of drug-likeness (QED) is 0.787. The minimum absolute atomic E-state index is 0.188. The molecule has 19 heavy (non-hydrogen) atoms. The van der Waals surface area contributed by atoms with Crippen molar-refractivity contribution in [3.8, 4) is 11.5 Å². The number of methoxy groups -OCH3 is 1. The van der Waals surface area contributed by atoms with Crippen LogP contribution < -0.4 is 14.9 Å². The van der Waals surface area contributed by atoms with Crippen LogP contribution in [0.2, 0.25) is 0 Å². The molecule has 0 radical (unpaired) electrons. The Kier molecular flexibility index (Phi) is 4.52. The zero-order valence-electron chi connectivity index (χ0n) is 10.7. The molecule has 5 heteroatoms. The van der Waals surface area contributed by atoms with Gasteiger partial charge in [0.15, 0.2) is 0 Å². The SMILES string of the molecule is COc1coc(COc2ccc(SC)cc2)cc1=O. The Morgan fingerprint density at radius 2 is 2.00 bits per heavy atom. The van der Waals surface area contributed by atoms with Gasteiger partial charge in [-0.15, -0.1) is 11.8 Å². The Morgan fingerprint density at radius 3 is 2.58 bits per heavy atom. The zero-order chi connectivity index (χ0) is 13.7. The van der Waals surface area contributed by atoms with E-state index >= 15 is 0 Å². The Balaban J connectivity index is 2.01. The van der Waals surface area contributed by atoms with E-state index in [-0.39, 0.29) is 17.8 Å². The lowest BCUT2D eigenvalue weighted by molar-refractivity contribution is 0.262. The van der Waals surface area contributed by atoms with Gasteiger partial charge in [0, 0.05) is 11.0 Å². The highest BCUT2D eigenvalue weighted by molar-refractivity contribution is 7.98. The molecular weight excluding hydrogens is 264 g/mol. The first-order chi connectivity index (χ1) is 9.22. The molecule has 0 spiro atoms. The van der Waals surface area contributed by atoms with Gasteiger partial charge in [0.2, 0.25) is 11.2 Å². The van der Waals surface area contributed by atoms with Crippen molar-refractivity contribution in [2.45, 2.75) is 11.5 Å². The van der Waals surface area contributed by atoms with Crippen molar-refractivity contribution < 1.29 is 13.9 Å². The van der Waals surface area contributed by atoms with Crippen molar-refractivity contribution in [1.82, 2.24) is 0 Å². The number of thioether (sulfide) groups is 1. The minimum atomic E-state index is -0.218. The largest absolute Gasteiger partial charge is 0.490 e. The lowest BCUT2D eigenvalue weighted by Gasteiger charge is -2.06. The standard InChI is InChI=1S/C14H14O4S/c1-16-14-9-18-11(7-13(14)15)8-17-10-3-5-12(19-2)6-4-10/h3-7,9H,8H2,1-2H3. The molecule has 100 valence electrons. The highest BCUT2D eigenvalue weighted by Crippen LogP contribution is 2.19. The van der Waals surface area contributed by atoms with Crippen molar-refractivity contribution >= 4 is 11.8 Å². The lowest BCUT2D eigenvalue weighted by Crippen LogP contribution is -2.06. The van der Waals surface area contributed by atoms with E-state index in [1.807, 2.05) is 30.5 Å². The van der Waals surface area contributed by atoms with Crippen LogP contribution in [0.1, 0.15) is 5.76 Å². The molecule has 1 heterocycles. The molecule has 0 amide bonds. The van der Waals surface area contributed by atoms with Crippen LogP contribution in [0.15, 0.2) is 50.7 Å². The zero-order valence-corrected chi connectivity index (χ0v) is 11.5. The van der Waals surface area contributed by atoms with Gasteiger partial charge in [-0.1, -0.05) is 0 Å². The maximum atomic E-state index is 11.5. The maximum absolute atomic E-state index is 11.5. The molecular formula is C14H14O4S. The first-order valence-corrected chi connectivity index (χ1v) is 6.88. The second-order valence-corrected chi connectivity index (χ2v) is 4.62. The fraction of sp³-hybridized carbons (Fsp3) is 0.214. The highest BCUT2D eigenvalue weighted by atomic mass is 32.2. The Labute approximate surface area is 115 Å². The summed E-state index contributed by atoms with van der Waals surface area (Å²) in [6.07, 6.45) is 3.31. The molecule has 0 atom stereocenters. The monoisotopic (exact) mass is 278 g/mol. The van der Waals surface area contributed by atoms with Gasteiger partial charge in [-0.3, -0.25) is 4.79 Å². The molecule has 0 unspecified atom stereocenters. The molecule has 0 N–H and O–H groups in total. The first kappa shape index (κ1) is 13.5. The first-order valence-electron chi connectivity index (χ1n) is 5.65. The van der Waals surface area contributed by atoms with Crippen LogP contribution >= 0.6 is 11.8 Å². The molecule has 0 aliphatic heterocycles. The van der Waals surface area contributed by atoms with Crippen molar-refractivity contribution in [2.75, 3.05) is 13.4 Å². The van der Waals surface area contributed by atoms with Crippen LogP contribution in [-0.2, 0) is 6.61 Å². The van der Waals surface area contributed by atoms with E-state index < -0.39 is 0 Å². The molecule has 2 rings (SSSR count). The van der Waals surface area contributed by atoms with Gasteiger partial charge in [0.05, 0.1) is 7.11 Å². The van der Waals surface area contributed by atoms with Crippen LogP contribution in [0.5, 0.6) is 11.5 Å². The summed E-state index contributed by atoms with van der Waals surface area (Å²) < 4.78 is 15.6. The molecule has 0 bridgehead atoms. The number of hydrogen-bond donors (Lipinski definition) is 0. The van der Waals surface area contributed by atoms with E-state index in [9.17, 15) is 4.79 Å². The Hall–Kier alpha value is -1.88. The molecule has 0 fully saturated rings. The van der Waals surface area contributed by atoms with E-state index in [1.54, 1.807) is 11.8 Å². The van der Waals surface area contributed by atoms with E-state index in [1.165, 1.54) is 24.3 Å². The van der Waals surface area contributed by atoms with Crippen molar-refractivity contribution in [3.05, 3.63) is 52.6 Å². The van der Waals surface area contributed by atoms with Crippen molar-refractivity contribution in [3.63, 3.8) is 0 Å². The number of hydrogen-bond acceptors (Lipinski definition) is 5. The summed E-state index contributed by atoms with van der Waals surface area (Å²) in [6.45, 7) is 0.206. The van der Waals surface area contributed by atoms with Crippen LogP contribution in [-0.4, -0.2) is 13.4 Å². The van der Waals surface area contributed by atoms with E-state index in [0.29, 0.717) is 5.76 Å². The molecule has 0 aliphatic carbocycles. The van der Waals surface area contributed by atoms with E-state index in [0.717, 1.165) is 5.75 Å². The second kappa shape index (κ2) is 6.33. The van der Waals surface area contributed by atoms with Crippen LogP contribution in [0.3, 0.4) is 0 Å². The fourth-order valence-corrected chi connectivity index (χ4v) is 1.90. The van der Waals surface area contributed by atoms with Gasteiger partial charge < -0.3 is 13.9 Å². The summed E-state index contributed by atoms with van der Waals surface area (Å²) in [5.74, 6) is 1.38. The summed E-state index contributed by atoms with van der Waals surface area (Å²) in [5, 5.41) is 0. The third-order valence-electron chi connectivity index (χ3n) is 2.51. The summed E-state index contributed by atoms with van der Waals surface area (Å²) in [5.41, 5.74) is -0.218. The number of ether oxygens (including phenoxy) is 2. The average Bonchev–Trinajstić information content (AvgIpc) is 2.46. The summed E-state index contributed by atoms with van der Waals surface area (Å²) in [4.78, 5) is 12.7. The number of rotatable bonds is 5. The average molecular weight is 278 g/mol. The molecule has 0 saturated heterocycles. The molecule has 1 aromatic carbocycles. The van der Waals surface area contributed by atoms with Crippen molar-refractivity contribution in [2.24, 2.45) is 0 Å². The highest BCUT2D eigenvalue weighted by Gasteiger charge is 2.04. The second-order valence-electron chi connectivity index (χ2n) is 3.74. The lowest BCUT2D eigenvalue weighted by atomic mass is 10.3. The third kappa shape index (κ3) is 3.54. The fourth-order valence-electron chi connectivity index (χ4n) is 1.49. The summed E-state index contributed by atoms with van der Waals surface area (Å²) in [7, 11) is 1.43. The maximum Gasteiger partial charge on any atom is 0.227 e. The van der Waals surface area contributed by atoms with Gasteiger partial charge >= 0.3 is 0 Å². The van der Waals surface area contributed by atoms with E-state index in [4.69, 9.17) is 13.9 Å². The topological polar surface area (TPSA) is 48.7 Å². The van der Waals surface area contributed by atoms with E-state index in [2.05, 4.69) is 0 Å². The van der Waals surface area contributed by atoms with Crippen LogP contribution in [0, 0.1) is 0 Å². The van der Waals surface area contributed by atoms with Gasteiger partial charge in [-0.2, -0.15) is 0 Å². The Bertz CT molecular complexity index is 589. The molecule has 0 aliphatic rings.